The highest BCUT2D eigenvalue weighted by atomic mass is 16.3. The monoisotopic (exact) mass is 866 g/mol. The van der Waals surface area contributed by atoms with Crippen LogP contribution in [0, 0.1) is 0 Å². The maximum Gasteiger partial charge on any atom is 0.164 e. The van der Waals surface area contributed by atoms with Gasteiger partial charge in [-0.05, 0) is 68.1 Å². The first kappa shape index (κ1) is 38.1. The number of rotatable bonds is 6. The molecule has 0 aliphatic heterocycles. The Bertz CT molecular complexity index is 4290. The van der Waals surface area contributed by atoms with Gasteiger partial charge in [0.25, 0.3) is 0 Å². The predicted molar refractivity (Wildman–Crippen MR) is 281 cm³/mol. The molecule has 0 N–H and O–H groups in total. The van der Waals surface area contributed by atoms with Gasteiger partial charge >= 0.3 is 0 Å². The molecule has 0 saturated heterocycles. The SMILES string of the molecule is c1ccc(-c2ccc(-c3ccc(-c4nc(-c5ccccc5)nc(-c5ccc6c(c5)oc5cc(-n7c8cc9ccccc9cc8c8ccc9ccccc9c87)c7ccccc7c56)n4)cc3)cc2)cc1. The topological polar surface area (TPSA) is 56.7 Å². The van der Waals surface area contributed by atoms with Crippen molar-refractivity contribution >= 4 is 76.1 Å². The summed E-state index contributed by atoms with van der Waals surface area (Å²) < 4.78 is 9.44. The standard InChI is InChI=1S/C63H38N4O/c1-3-13-39(14-4-1)40-23-25-41(26-24-40)42-27-29-45(30-28-42)62-64-61(44-16-5-2-6-17-44)65-63(66-62)48-32-34-53-57(37-48)68-58-38-56(50-21-11-12-22-51(50)59(53)58)67-55-36-47-19-8-7-18-46(47)35-54(55)52-33-31-43-15-9-10-20-49(43)60(52)67/h1-38H. The van der Waals surface area contributed by atoms with Gasteiger partial charge in [0.15, 0.2) is 17.5 Å². The average Bonchev–Trinajstić information content (AvgIpc) is 3.95. The molecule has 11 aromatic carbocycles. The molecular formula is C63H38N4O. The summed E-state index contributed by atoms with van der Waals surface area (Å²) in [7, 11) is 0. The lowest BCUT2D eigenvalue weighted by Gasteiger charge is -2.14. The molecule has 0 unspecified atom stereocenters. The molecule has 0 radical (unpaired) electrons. The van der Waals surface area contributed by atoms with Gasteiger partial charge in [-0.3, -0.25) is 0 Å². The number of hydrogen-bond acceptors (Lipinski definition) is 4. The van der Waals surface area contributed by atoms with Crippen LogP contribution in [0.4, 0.5) is 0 Å². The highest BCUT2D eigenvalue weighted by Crippen LogP contribution is 2.44. The summed E-state index contributed by atoms with van der Waals surface area (Å²) in [6, 6.07) is 81.6. The highest BCUT2D eigenvalue weighted by molar-refractivity contribution is 6.24. The van der Waals surface area contributed by atoms with Gasteiger partial charge in [-0.2, -0.15) is 0 Å². The Kier molecular flexibility index (Phi) is 8.52. The first-order valence-electron chi connectivity index (χ1n) is 23.0. The zero-order valence-electron chi connectivity index (χ0n) is 36.6. The zero-order chi connectivity index (χ0) is 44.7. The highest BCUT2D eigenvalue weighted by Gasteiger charge is 2.22. The van der Waals surface area contributed by atoms with Crippen molar-refractivity contribution in [3.05, 3.63) is 231 Å². The van der Waals surface area contributed by atoms with Crippen LogP contribution in [0.3, 0.4) is 0 Å². The van der Waals surface area contributed by atoms with Crippen molar-refractivity contribution in [1.82, 2.24) is 19.5 Å². The van der Waals surface area contributed by atoms with Crippen molar-refractivity contribution in [2.45, 2.75) is 0 Å². The molecule has 3 aromatic heterocycles. The second kappa shape index (κ2) is 15.2. The van der Waals surface area contributed by atoms with Crippen molar-refractivity contribution in [3.63, 3.8) is 0 Å². The second-order valence-electron chi connectivity index (χ2n) is 17.6. The minimum Gasteiger partial charge on any atom is -0.456 e. The van der Waals surface area contributed by atoms with E-state index in [4.69, 9.17) is 19.4 Å². The lowest BCUT2D eigenvalue weighted by atomic mass is 9.99. The molecule has 14 aromatic rings. The number of fused-ring (bicyclic) bond motifs is 11. The van der Waals surface area contributed by atoms with Gasteiger partial charge in [0.2, 0.25) is 0 Å². The summed E-state index contributed by atoms with van der Waals surface area (Å²) in [6.45, 7) is 0. The Morgan fingerprint density at radius 1 is 0.294 bits per heavy atom. The third-order valence-electron chi connectivity index (χ3n) is 13.6. The number of furan rings is 1. The van der Waals surface area contributed by atoms with Crippen LogP contribution in [0.5, 0.6) is 0 Å². The summed E-state index contributed by atoms with van der Waals surface area (Å²) in [5.74, 6) is 1.79. The van der Waals surface area contributed by atoms with E-state index in [-0.39, 0.29) is 0 Å². The molecule has 0 amide bonds. The van der Waals surface area contributed by atoms with Gasteiger partial charge in [-0.25, -0.2) is 15.0 Å². The smallest absolute Gasteiger partial charge is 0.164 e. The maximum absolute atomic E-state index is 6.98. The Labute approximate surface area is 390 Å². The number of benzene rings is 11. The summed E-state index contributed by atoms with van der Waals surface area (Å²) in [4.78, 5) is 15.3. The molecule has 0 aliphatic rings. The van der Waals surface area contributed by atoms with Crippen LogP contribution in [0.15, 0.2) is 235 Å². The van der Waals surface area contributed by atoms with E-state index in [0.717, 1.165) is 71.7 Å². The minimum atomic E-state index is 0.576. The normalized spacial score (nSPS) is 11.8. The largest absolute Gasteiger partial charge is 0.456 e. The van der Waals surface area contributed by atoms with Crippen LogP contribution in [0.2, 0.25) is 0 Å². The molecule has 0 atom stereocenters. The van der Waals surface area contributed by atoms with E-state index in [1.54, 1.807) is 0 Å². The van der Waals surface area contributed by atoms with Gasteiger partial charge in [0.1, 0.15) is 11.2 Å². The molecule has 0 saturated carbocycles. The summed E-state index contributed by atoms with van der Waals surface area (Å²) in [6.07, 6.45) is 0. The Balaban J connectivity index is 0.916. The number of hydrogen-bond donors (Lipinski definition) is 0. The fourth-order valence-corrected chi connectivity index (χ4v) is 10.3. The molecular weight excluding hydrogens is 829 g/mol. The summed E-state index contributed by atoms with van der Waals surface area (Å²) >= 11 is 0. The van der Waals surface area contributed by atoms with E-state index in [0.29, 0.717) is 17.5 Å². The Morgan fingerprint density at radius 3 is 1.46 bits per heavy atom. The second-order valence-corrected chi connectivity index (χ2v) is 17.6. The van der Waals surface area contributed by atoms with Gasteiger partial charge in [-0.15, -0.1) is 0 Å². The average molecular weight is 867 g/mol. The molecule has 68 heavy (non-hydrogen) atoms. The van der Waals surface area contributed by atoms with Crippen LogP contribution in [-0.4, -0.2) is 19.5 Å². The molecule has 316 valence electrons. The molecule has 5 heteroatoms. The molecule has 0 bridgehead atoms. The van der Waals surface area contributed by atoms with E-state index in [2.05, 4.69) is 199 Å². The Morgan fingerprint density at radius 2 is 0.779 bits per heavy atom. The van der Waals surface area contributed by atoms with E-state index >= 15 is 0 Å². The van der Waals surface area contributed by atoms with Gasteiger partial charge in [0.05, 0.1) is 16.7 Å². The van der Waals surface area contributed by atoms with Crippen molar-refractivity contribution in [3.8, 4) is 62.1 Å². The molecule has 14 rings (SSSR count). The van der Waals surface area contributed by atoms with Crippen LogP contribution in [0.1, 0.15) is 0 Å². The summed E-state index contributed by atoms with van der Waals surface area (Å²) in [5, 5.41) is 11.7. The minimum absolute atomic E-state index is 0.576. The fraction of sp³-hybridized carbons (Fsp3) is 0. The van der Waals surface area contributed by atoms with Crippen LogP contribution in [0.25, 0.3) is 138 Å². The van der Waals surface area contributed by atoms with E-state index in [1.165, 1.54) is 49.0 Å². The summed E-state index contributed by atoms with van der Waals surface area (Å²) in [5.41, 5.74) is 12.3. The van der Waals surface area contributed by atoms with Crippen molar-refractivity contribution in [1.29, 1.82) is 0 Å². The lowest BCUT2D eigenvalue weighted by Crippen LogP contribution is -2.00. The van der Waals surface area contributed by atoms with Crippen molar-refractivity contribution < 1.29 is 4.42 Å². The first-order valence-corrected chi connectivity index (χ1v) is 23.0. The lowest BCUT2D eigenvalue weighted by molar-refractivity contribution is 0.669. The maximum atomic E-state index is 6.98. The van der Waals surface area contributed by atoms with Crippen LogP contribution in [-0.2, 0) is 0 Å². The van der Waals surface area contributed by atoms with Crippen LogP contribution < -0.4 is 0 Å². The number of aromatic nitrogens is 4. The van der Waals surface area contributed by atoms with Gasteiger partial charge in [-0.1, -0.05) is 200 Å². The van der Waals surface area contributed by atoms with Crippen LogP contribution >= 0.6 is 0 Å². The molecule has 0 fully saturated rings. The predicted octanol–water partition coefficient (Wildman–Crippen LogP) is 16.7. The van der Waals surface area contributed by atoms with E-state index < -0.39 is 0 Å². The first-order chi connectivity index (χ1) is 33.7. The van der Waals surface area contributed by atoms with Crippen molar-refractivity contribution in [2.24, 2.45) is 0 Å². The third-order valence-corrected chi connectivity index (χ3v) is 13.6. The molecule has 3 heterocycles. The fourth-order valence-electron chi connectivity index (χ4n) is 10.3. The molecule has 0 spiro atoms. The third kappa shape index (κ3) is 6.14. The van der Waals surface area contributed by atoms with Crippen molar-refractivity contribution in [2.75, 3.05) is 0 Å². The van der Waals surface area contributed by atoms with E-state index in [9.17, 15) is 0 Å². The van der Waals surface area contributed by atoms with E-state index in [1.807, 2.05) is 36.4 Å². The molecule has 5 nitrogen and oxygen atoms in total. The molecule has 0 aliphatic carbocycles. The Hall–Kier alpha value is -9.19. The van der Waals surface area contributed by atoms with Gasteiger partial charge in [0, 0.05) is 55.1 Å². The quantitative estimate of drug-likeness (QED) is 0.167. The van der Waals surface area contributed by atoms with Gasteiger partial charge < -0.3 is 8.98 Å². The zero-order valence-corrected chi connectivity index (χ0v) is 36.6. The number of nitrogens with zero attached hydrogens (tertiary/aromatic N) is 4.